The Kier molecular flexibility index (Phi) is 5.67. The van der Waals surface area contributed by atoms with Gasteiger partial charge in [0.15, 0.2) is 0 Å². The van der Waals surface area contributed by atoms with Gasteiger partial charge in [-0.2, -0.15) is 0 Å². The number of fused-ring (bicyclic) bond motifs is 2. The number of nitrogens with zero attached hydrogens (tertiary/aromatic N) is 4. The second-order valence-electron chi connectivity index (χ2n) is 10.2. The molecular formula is C29H28F2N4O. The van der Waals surface area contributed by atoms with Crippen LogP contribution in [0.5, 0.6) is 0 Å². The van der Waals surface area contributed by atoms with Gasteiger partial charge in [0, 0.05) is 49.1 Å². The quantitative estimate of drug-likeness (QED) is 0.544. The van der Waals surface area contributed by atoms with Crippen molar-refractivity contribution in [1.29, 1.82) is 0 Å². The number of benzene rings is 2. The molecule has 1 saturated heterocycles. The topological polar surface area (TPSA) is 48.8 Å². The number of aryl methyl sites for hydroxylation is 1. The number of carbonyl (C=O) groups excluding carboxylic acids is 1. The third kappa shape index (κ3) is 4.44. The molecule has 7 heteroatoms. The lowest BCUT2D eigenvalue weighted by molar-refractivity contribution is -0.143. The van der Waals surface area contributed by atoms with Crippen LogP contribution >= 0.6 is 0 Å². The average Bonchev–Trinajstić information content (AvgIpc) is 3.24. The van der Waals surface area contributed by atoms with Crippen molar-refractivity contribution in [3.05, 3.63) is 99.9 Å². The molecule has 1 amide bonds. The monoisotopic (exact) mass is 486 g/mol. The van der Waals surface area contributed by atoms with Crippen LogP contribution in [-0.2, 0) is 30.8 Å². The number of pyridine rings is 1. The fraction of sp³-hybridized carbons (Fsp3) is 0.345. The lowest BCUT2D eigenvalue weighted by atomic mass is 9.89. The van der Waals surface area contributed by atoms with Gasteiger partial charge in [-0.15, -0.1) is 0 Å². The van der Waals surface area contributed by atoms with E-state index in [-0.39, 0.29) is 25.3 Å². The summed E-state index contributed by atoms with van der Waals surface area (Å²) < 4.78 is 29.7. The largest absolute Gasteiger partial charge is 0.334 e. The Morgan fingerprint density at radius 3 is 2.69 bits per heavy atom. The highest BCUT2D eigenvalue weighted by molar-refractivity contribution is 6.15. The van der Waals surface area contributed by atoms with Crippen molar-refractivity contribution in [2.24, 2.45) is 4.99 Å². The van der Waals surface area contributed by atoms with Gasteiger partial charge in [-0.3, -0.25) is 19.7 Å². The minimum absolute atomic E-state index is 0.0753. The van der Waals surface area contributed by atoms with Crippen molar-refractivity contribution in [3.8, 4) is 0 Å². The van der Waals surface area contributed by atoms with Gasteiger partial charge in [0.25, 0.3) is 5.92 Å². The van der Waals surface area contributed by atoms with Gasteiger partial charge in [0.05, 0.1) is 31.3 Å². The molecule has 0 bridgehead atoms. The van der Waals surface area contributed by atoms with E-state index in [4.69, 9.17) is 4.99 Å². The molecule has 6 rings (SSSR count). The molecule has 0 N–H and O–H groups in total. The van der Waals surface area contributed by atoms with Crippen LogP contribution in [0.4, 0.5) is 8.78 Å². The van der Waals surface area contributed by atoms with E-state index in [1.165, 1.54) is 0 Å². The summed E-state index contributed by atoms with van der Waals surface area (Å²) >= 11 is 0. The maximum Gasteiger partial charge on any atom is 0.262 e. The van der Waals surface area contributed by atoms with E-state index in [0.29, 0.717) is 26.2 Å². The summed E-state index contributed by atoms with van der Waals surface area (Å²) in [5.74, 6) is -2.91. The number of carbonyl (C=O) groups is 1. The number of hydrogen-bond acceptors (Lipinski definition) is 4. The van der Waals surface area contributed by atoms with Crippen LogP contribution in [0.25, 0.3) is 0 Å². The number of piperidine rings is 1. The third-order valence-electron chi connectivity index (χ3n) is 7.41. The molecule has 0 radical (unpaired) electrons. The summed E-state index contributed by atoms with van der Waals surface area (Å²) in [5, 5.41) is 0. The van der Waals surface area contributed by atoms with Gasteiger partial charge in [-0.1, -0.05) is 36.4 Å². The summed E-state index contributed by atoms with van der Waals surface area (Å²) in [5.41, 5.74) is 8.06. The molecule has 1 fully saturated rings. The molecule has 0 spiro atoms. The zero-order valence-corrected chi connectivity index (χ0v) is 20.3. The molecule has 3 aliphatic heterocycles. The first-order valence-corrected chi connectivity index (χ1v) is 12.4. The molecule has 1 atom stereocenters. The smallest absolute Gasteiger partial charge is 0.262 e. The van der Waals surface area contributed by atoms with Crippen LogP contribution in [0.1, 0.15) is 45.5 Å². The highest BCUT2D eigenvalue weighted by Crippen LogP contribution is 2.35. The molecule has 1 aromatic heterocycles. The van der Waals surface area contributed by atoms with Gasteiger partial charge in [0.2, 0.25) is 5.91 Å². The summed E-state index contributed by atoms with van der Waals surface area (Å²) in [6.45, 7) is 3.50. The SMILES string of the molecule is Cc1cc(C2=NCc3cc4c(cc32)CN([C@@H]2CN(Cc3ccccc3)CC(F)(F)C2)C(=O)C4)ccn1. The van der Waals surface area contributed by atoms with Crippen LogP contribution in [0.3, 0.4) is 0 Å². The van der Waals surface area contributed by atoms with Gasteiger partial charge in [0.1, 0.15) is 0 Å². The third-order valence-corrected chi connectivity index (χ3v) is 7.41. The van der Waals surface area contributed by atoms with E-state index in [2.05, 4.69) is 17.1 Å². The predicted octanol–water partition coefficient (Wildman–Crippen LogP) is 4.54. The van der Waals surface area contributed by atoms with Crippen molar-refractivity contribution < 1.29 is 13.6 Å². The van der Waals surface area contributed by atoms with Crippen LogP contribution in [0, 0.1) is 6.92 Å². The molecule has 3 aliphatic rings. The molecule has 4 heterocycles. The van der Waals surface area contributed by atoms with Gasteiger partial charge < -0.3 is 4.90 Å². The fourth-order valence-corrected chi connectivity index (χ4v) is 5.80. The fourth-order valence-electron chi connectivity index (χ4n) is 5.80. The number of aromatic nitrogens is 1. The number of halogens is 2. The molecule has 0 saturated carbocycles. The first kappa shape index (κ1) is 23.0. The second-order valence-corrected chi connectivity index (χ2v) is 10.2. The Morgan fingerprint density at radius 2 is 1.89 bits per heavy atom. The zero-order chi connectivity index (χ0) is 24.9. The molecule has 3 aromatic rings. The van der Waals surface area contributed by atoms with Crippen molar-refractivity contribution in [1.82, 2.24) is 14.8 Å². The van der Waals surface area contributed by atoms with Crippen LogP contribution in [0.2, 0.25) is 0 Å². The lowest BCUT2D eigenvalue weighted by Crippen LogP contribution is -2.57. The number of hydrogen-bond donors (Lipinski definition) is 0. The van der Waals surface area contributed by atoms with Crippen LogP contribution in [-0.4, -0.2) is 51.5 Å². The summed E-state index contributed by atoms with van der Waals surface area (Å²) in [7, 11) is 0. The first-order chi connectivity index (χ1) is 17.3. The Bertz CT molecular complexity index is 1350. The Hall–Kier alpha value is -3.45. The molecule has 0 aliphatic carbocycles. The van der Waals surface area contributed by atoms with Crippen molar-refractivity contribution in [2.45, 2.75) is 51.4 Å². The predicted molar refractivity (Wildman–Crippen MR) is 134 cm³/mol. The standard InChI is InChI=1S/C29H28F2N4O/c1-19-9-21(7-8-32-19)28-26-11-24-16-35(27(36)12-22(24)10-23(26)14-33-28)25-13-29(30,31)18-34(17-25)15-20-5-3-2-4-6-20/h2-11,25H,12-18H2,1H3/t25-/m0/s1. The first-order valence-electron chi connectivity index (χ1n) is 12.4. The lowest BCUT2D eigenvalue weighted by Gasteiger charge is -2.44. The average molecular weight is 487 g/mol. The number of rotatable bonds is 4. The molecule has 184 valence electrons. The highest BCUT2D eigenvalue weighted by Gasteiger charge is 2.44. The van der Waals surface area contributed by atoms with E-state index in [0.717, 1.165) is 44.8 Å². The Labute approximate surface area is 209 Å². The molecule has 36 heavy (non-hydrogen) atoms. The maximum absolute atomic E-state index is 14.8. The Morgan fingerprint density at radius 1 is 1.06 bits per heavy atom. The van der Waals surface area contributed by atoms with E-state index in [1.807, 2.05) is 49.4 Å². The molecule has 2 aromatic carbocycles. The van der Waals surface area contributed by atoms with Crippen LogP contribution in [0.15, 0.2) is 65.8 Å². The number of amides is 1. The van der Waals surface area contributed by atoms with E-state index in [9.17, 15) is 13.6 Å². The molecular weight excluding hydrogens is 458 g/mol. The summed E-state index contributed by atoms with van der Waals surface area (Å²) in [6.07, 6.45) is 1.73. The zero-order valence-electron chi connectivity index (χ0n) is 20.3. The van der Waals surface area contributed by atoms with Gasteiger partial charge in [-0.25, -0.2) is 8.78 Å². The Balaban J connectivity index is 1.26. The van der Waals surface area contributed by atoms with Crippen molar-refractivity contribution >= 4 is 11.6 Å². The highest BCUT2D eigenvalue weighted by atomic mass is 19.3. The second kappa shape index (κ2) is 8.89. The normalized spacial score (nSPS) is 21.2. The van der Waals surface area contributed by atoms with E-state index < -0.39 is 12.0 Å². The number of aliphatic imine (C=N–C) groups is 1. The minimum Gasteiger partial charge on any atom is -0.334 e. The van der Waals surface area contributed by atoms with Gasteiger partial charge >= 0.3 is 0 Å². The summed E-state index contributed by atoms with van der Waals surface area (Å²) in [6, 6.07) is 17.3. The van der Waals surface area contributed by atoms with E-state index in [1.54, 1.807) is 16.0 Å². The maximum atomic E-state index is 14.8. The van der Waals surface area contributed by atoms with Gasteiger partial charge in [-0.05, 0) is 47.4 Å². The number of likely N-dealkylation sites (tertiary alicyclic amines) is 1. The molecule has 0 unspecified atom stereocenters. The van der Waals surface area contributed by atoms with Crippen molar-refractivity contribution in [3.63, 3.8) is 0 Å². The summed E-state index contributed by atoms with van der Waals surface area (Å²) in [4.78, 5) is 25.7. The van der Waals surface area contributed by atoms with Crippen LogP contribution < -0.4 is 0 Å². The van der Waals surface area contributed by atoms with E-state index >= 15 is 0 Å². The minimum atomic E-state index is -2.84. The molecule has 5 nitrogen and oxygen atoms in total. The number of alkyl halides is 2. The van der Waals surface area contributed by atoms with Crippen molar-refractivity contribution in [2.75, 3.05) is 13.1 Å².